The molecule has 1 aromatic heterocycles. The van der Waals surface area contributed by atoms with Crippen molar-refractivity contribution in [2.45, 2.75) is 18.7 Å². The Labute approximate surface area is 182 Å². The standard InChI is InChI=1S/C22H25N4O2PS/c1-4-28-29(3)14-30-18-11-9-17(10-12-18)25-22(27)20-21(23)24-13-19(26-20)16-7-5-15(2)6-8-16/h5-13H,4,14H2,1-3H3,(H2,23,24)(H,25,27)/t29-/m1/s1. The third-order valence-electron chi connectivity index (χ3n) is 4.24. The average molecular weight is 441 g/mol. The van der Waals surface area contributed by atoms with Crippen molar-refractivity contribution in [1.82, 2.24) is 9.97 Å². The van der Waals surface area contributed by atoms with Gasteiger partial charge in [-0.1, -0.05) is 29.8 Å². The molecule has 156 valence electrons. The lowest BCUT2D eigenvalue weighted by molar-refractivity contribution is 0.102. The van der Waals surface area contributed by atoms with E-state index >= 15 is 0 Å². The Balaban J connectivity index is 1.68. The molecule has 0 radical (unpaired) electrons. The van der Waals surface area contributed by atoms with Crippen LogP contribution in [-0.2, 0) is 4.52 Å². The van der Waals surface area contributed by atoms with Crippen molar-refractivity contribution in [3.05, 3.63) is 66.0 Å². The molecule has 0 saturated carbocycles. The second kappa shape index (κ2) is 10.5. The zero-order chi connectivity index (χ0) is 21.5. The fraction of sp³-hybridized carbons (Fsp3) is 0.227. The molecular formula is C22H25N4O2PS. The van der Waals surface area contributed by atoms with Crippen molar-refractivity contribution >= 4 is 37.3 Å². The summed E-state index contributed by atoms with van der Waals surface area (Å²) >= 11 is 1.74. The van der Waals surface area contributed by atoms with Crippen LogP contribution in [0.1, 0.15) is 23.0 Å². The highest BCUT2D eigenvalue weighted by Crippen LogP contribution is 2.39. The summed E-state index contributed by atoms with van der Waals surface area (Å²) in [5.41, 5.74) is 10.3. The molecule has 0 aliphatic heterocycles. The van der Waals surface area contributed by atoms with Gasteiger partial charge in [-0.15, -0.1) is 11.8 Å². The van der Waals surface area contributed by atoms with Crippen LogP contribution in [-0.4, -0.2) is 34.6 Å². The quantitative estimate of drug-likeness (QED) is 0.360. The van der Waals surface area contributed by atoms with Gasteiger partial charge in [0, 0.05) is 36.4 Å². The lowest BCUT2D eigenvalue weighted by Gasteiger charge is -2.11. The van der Waals surface area contributed by atoms with E-state index in [-0.39, 0.29) is 17.4 Å². The predicted molar refractivity (Wildman–Crippen MR) is 126 cm³/mol. The van der Waals surface area contributed by atoms with E-state index in [0.29, 0.717) is 11.4 Å². The van der Waals surface area contributed by atoms with Crippen LogP contribution in [0.3, 0.4) is 0 Å². The summed E-state index contributed by atoms with van der Waals surface area (Å²) in [7, 11) is -0.420. The number of hydrogen-bond acceptors (Lipinski definition) is 6. The Morgan fingerprint density at radius 3 is 2.53 bits per heavy atom. The summed E-state index contributed by atoms with van der Waals surface area (Å²) in [5.74, 6) is -0.287. The van der Waals surface area contributed by atoms with Crippen LogP contribution in [0.15, 0.2) is 59.6 Å². The Kier molecular flexibility index (Phi) is 7.80. The van der Waals surface area contributed by atoms with Crippen LogP contribution in [0.5, 0.6) is 0 Å². The first-order chi connectivity index (χ1) is 14.5. The lowest BCUT2D eigenvalue weighted by atomic mass is 10.1. The first-order valence-electron chi connectivity index (χ1n) is 9.54. The summed E-state index contributed by atoms with van der Waals surface area (Å²) in [6.45, 7) is 6.89. The van der Waals surface area contributed by atoms with E-state index in [4.69, 9.17) is 10.3 Å². The van der Waals surface area contributed by atoms with E-state index in [9.17, 15) is 4.79 Å². The summed E-state index contributed by atoms with van der Waals surface area (Å²) < 4.78 is 5.61. The minimum absolute atomic E-state index is 0.0998. The van der Waals surface area contributed by atoms with Crippen molar-refractivity contribution < 1.29 is 9.32 Å². The summed E-state index contributed by atoms with van der Waals surface area (Å²) in [4.78, 5) is 22.4. The maximum Gasteiger partial charge on any atom is 0.278 e. The number of hydrogen-bond donors (Lipinski definition) is 2. The number of aryl methyl sites for hydroxylation is 1. The van der Waals surface area contributed by atoms with Gasteiger partial charge in [0.15, 0.2) is 11.5 Å². The fourth-order valence-corrected chi connectivity index (χ4v) is 5.07. The van der Waals surface area contributed by atoms with Crippen molar-refractivity contribution in [3.63, 3.8) is 0 Å². The van der Waals surface area contributed by atoms with Crippen LogP contribution in [0, 0.1) is 6.92 Å². The van der Waals surface area contributed by atoms with Gasteiger partial charge in [-0.2, -0.15) is 0 Å². The Morgan fingerprint density at radius 2 is 1.87 bits per heavy atom. The van der Waals surface area contributed by atoms with E-state index in [0.717, 1.165) is 28.1 Å². The van der Waals surface area contributed by atoms with Crippen LogP contribution < -0.4 is 11.1 Å². The van der Waals surface area contributed by atoms with E-state index in [1.807, 2.05) is 62.4 Å². The highest BCUT2D eigenvalue weighted by molar-refractivity contribution is 8.04. The average Bonchev–Trinajstić information content (AvgIpc) is 2.74. The molecule has 0 unspecified atom stereocenters. The molecule has 2 aromatic carbocycles. The number of amides is 1. The molecule has 0 bridgehead atoms. The number of benzene rings is 2. The molecule has 6 nitrogen and oxygen atoms in total. The maximum atomic E-state index is 12.7. The Bertz CT molecular complexity index is 997. The zero-order valence-corrected chi connectivity index (χ0v) is 19.0. The third kappa shape index (κ3) is 6.02. The summed E-state index contributed by atoms with van der Waals surface area (Å²) in [6, 6.07) is 15.6. The second-order valence-corrected chi connectivity index (χ2v) is 9.96. The smallest absolute Gasteiger partial charge is 0.278 e. The van der Waals surface area contributed by atoms with Crippen molar-refractivity contribution in [2.75, 3.05) is 29.8 Å². The molecule has 1 atom stereocenters. The first kappa shape index (κ1) is 22.2. The molecule has 8 heteroatoms. The zero-order valence-electron chi connectivity index (χ0n) is 17.3. The lowest BCUT2D eigenvalue weighted by Crippen LogP contribution is -2.17. The minimum Gasteiger partial charge on any atom is -0.382 e. The highest BCUT2D eigenvalue weighted by Gasteiger charge is 2.15. The summed E-state index contributed by atoms with van der Waals surface area (Å²) in [5, 5.41) is 2.85. The normalized spacial score (nSPS) is 11.8. The van der Waals surface area contributed by atoms with Gasteiger partial charge in [-0.25, -0.2) is 9.97 Å². The van der Waals surface area contributed by atoms with Crippen LogP contribution in [0.25, 0.3) is 11.3 Å². The third-order valence-corrected chi connectivity index (χ3v) is 7.51. The van der Waals surface area contributed by atoms with E-state index < -0.39 is 8.15 Å². The number of rotatable bonds is 8. The van der Waals surface area contributed by atoms with Crippen LogP contribution >= 0.6 is 19.9 Å². The highest BCUT2D eigenvalue weighted by atomic mass is 32.2. The number of nitrogens with two attached hydrogens (primary N) is 1. The second-order valence-electron chi connectivity index (χ2n) is 6.65. The molecule has 0 aliphatic rings. The Hall–Kier alpha value is -2.47. The maximum absolute atomic E-state index is 12.7. The van der Waals surface area contributed by atoms with Gasteiger partial charge in [0.2, 0.25) is 0 Å². The van der Waals surface area contributed by atoms with Gasteiger partial charge in [0.1, 0.15) is 0 Å². The van der Waals surface area contributed by atoms with E-state index in [1.54, 1.807) is 18.0 Å². The monoisotopic (exact) mass is 440 g/mol. The minimum atomic E-state index is -0.420. The molecule has 3 N–H and O–H groups in total. The molecule has 30 heavy (non-hydrogen) atoms. The predicted octanol–water partition coefficient (Wildman–Crippen LogP) is 5.40. The van der Waals surface area contributed by atoms with Gasteiger partial charge in [0.25, 0.3) is 5.91 Å². The number of nitrogens with zero attached hydrogens (tertiary/aromatic N) is 2. The molecule has 1 heterocycles. The van der Waals surface area contributed by atoms with Gasteiger partial charge in [0.05, 0.1) is 11.9 Å². The number of nitrogen functional groups attached to an aromatic ring is 1. The molecular weight excluding hydrogens is 415 g/mol. The van der Waals surface area contributed by atoms with Crippen molar-refractivity contribution in [1.29, 1.82) is 0 Å². The number of nitrogens with one attached hydrogen (secondary N) is 1. The number of anilines is 2. The van der Waals surface area contributed by atoms with Crippen molar-refractivity contribution in [3.8, 4) is 11.3 Å². The van der Waals surface area contributed by atoms with Crippen molar-refractivity contribution in [2.24, 2.45) is 0 Å². The van der Waals surface area contributed by atoms with Gasteiger partial charge in [-0.05, 0) is 44.8 Å². The largest absolute Gasteiger partial charge is 0.382 e. The van der Waals surface area contributed by atoms with Crippen LogP contribution in [0.4, 0.5) is 11.5 Å². The van der Waals surface area contributed by atoms with Gasteiger partial charge >= 0.3 is 0 Å². The van der Waals surface area contributed by atoms with Gasteiger partial charge < -0.3 is 15.6 Å². The van der Waals surface area contributed by atoms with Crippen LogP contribution in [0.2, 0.25) is 0 Å². The first-order valence-corrected chi connectivity index (χ1v) is 12.4. The molecule has 0 fully saturated rings. The molecule has 3 rings (SSSR count). The molecule has 3 aromatic rings. The van der Waals surface area contributed by atoms with E-state index in [1.165, 1.54) is 0 Å². The molecule has 0 aliphatic carbocycles. The topological polar surface area (TPSA) is 90.1 Å². The number of carbonyl (C=O) groups excluding carboxylic acids is 1. The Morgan fingerprint density at radius 1 is 1.17 bits per heavy atom. The molecule has 0 saturated heterocycles. The van der Waals surface area contributed by atoms with Gasteiger partial charge in [-0.3, -0.25) is 4.79 Å². The summed E-state index contributed by atoms with van der Waals surface area (Å²) in [6.07, 6.45) is 1.58. The number of carbonyl (C=O) groups is 1. The molecule has 0 spiro atoms. The van der Waals surface area contributed by atoms with E-state index in [2.05, 4.69) is 21.9 Å². The number of thioether (sulfide) groups is 1. The SMILES string of the molecule is CCO[P@](C)CSc1ccc(NC(=O)c2nc(-c3ccc(C)cc3)cnc2N)cc1. The molecule has 1 amide bonds. The number of aromatic nitrogens is 2. The fourth-order valence-electron chi connectivity index (χ4n) is 2.68.